The van der Waals surface area contributed by atoms with Gasteiger partial charge in [0.2, 0.25) is 5.82 Å². The van der Waals surface area contributed by atoms with Crippen molar-refractivity contribution in [2.75, 3.05) is 0 Å². The normalized spacial score (nSPS) is 10.9. The van der Waals surface area contributed by atoms with Gasteiger partial charge in [-0.15, -0.1) is 0 Å². The number of aromatic amines is 1. The summed E-state index contributed by atoms with van der Waals surface area (Å²) >= 11 is 0. The van der Waals surface area contributed by atoms with Crippen LogP contribution in [0.15, 0.2) is 39.6 Å². The molecule has 0 saturated heterocycles. The van der Waals surface area contributed by atoms with Gasteiger partial charge in [-0.05, 0) is 24.6 Å². The van der Waals surface area contributed by atoms with Crippen molar-refractivity contribution in [1.82, 2.24) is 15.1 Å². The Labute approximate surface area is 96.1 Å². The number of aromatic nitrogens is 3. The number of nitrogens with one attached hydrogen (secondary N) is 1. The van der Waals surface area contributed by atoms with Crippen LogP contribution in [0.1, 0.15) is 5.56 Å². The predicted octanol–water partition coefficient (Wildman–Crippen LogP) is 1.89. The van der Waals surface area contributed by atoms with Gasteiger partial charge in [0.1, 0.15) is 5.69 Å². The molecule has 3 aromatic rings. The maximum absolute atomic E-state index is 10.9. The van der Waals surface area contributed by atoms with Crippen LogP contribution in [0.2, 0.25) is 0 Å². The molecule has 0 bridgehead atoms. The molecule has 3 rings (SSSR count). The van der Waals surface area contributed by atoms with Crippen LogP contribution < -0.4 is 5.76 Å². The van der Waals surface area contributed by atoms with Crippen molar-refractivity contribution < 1.29 is 4.52 Å². The Hall–Kier alpha value is -2.43. The fourth-order valence-corrected chi connectivity index (χ4v) is 1.81. The molecule has 0 spiro atoms. The fraction of sp³-hybridized carbons (Fsp3) is 0.0833. The highest BCUT2D eigenvalue weighted by Gasteiger charge is 2.08. The minimum atomic E-state index is -0.576. The van der Waals surface area contributed by atoms with Gasteiger partial charge in [0.05, 0.1) is 5.52 Å². The van der Waals surface area contributed by atoms with Gasteiger partial charge in [0.25, 0.3) is 0 Å². The van der Waals surface area contributed by atoms with E-state index in [1.165, 1.54) is 0 Å². The zero-order valence-electron chi connectivity index (χ0n) is 9.10. The molecular formula is C12H9N3O2. The first-order valence-corrected chi connectivity index (χ1v) is 5.17. The third kappa shape index (κ3) is 1.61. The minimum absolute atomic E-state index is 0.351. The van der Waals surface area contributed by atoms with Crippen LogP contribution in [-0.2, 0) is 0 Å². The maximum Gasteiger partial charge on any atom is 0.439 e. The third-order valence-corrected chi connectivity index (χ3v) is 2.61. The second kappa shape index (κ2) is 3.55. The number of rotatable bonds is 1. The van der Waals surface area contributed by atoms with Gasteiger partial charge in [-0.25, -0.2) is 9.78 Å². The quantitative estimate of drug-likeness (QED) is 0.689. The first kappa shape index (κ1) is 9.77. The standard InChI is InChI=1S/C12H9N3O2/c1-7-6-10(11-14-12(16)17-15-11)13-9-5-3-2-4-8(7)9/h2-6H,1H3,(H,14,15,16). The summed E-state index contributed by atoms with van der Waals surface area (Å²) in [5.74, 6) is -0.225. The van der Waals surface area contributed by atoms with Crippen molar-refractivity contribution in [2.45, 2.75) is 6.92 Å². The second-order valence-corrected chi connectivity index (χ2v) is 3.79. The van der Waals surface area contributed by atoms with E-state index in [0.717, 1.165) is 16.5 Å². The van der Waals surface area contributed by atoms with Crippen molar-refractivity contribution in [1.29, 1.82) is 0 Å². The lowest BCUT2D eigenvalue weighted by Gasteiger charge is -2.03. The second-order valence-electron chi connectivity index (χ2n) is 3.79. The molecule has 5 heteroatoms. The van der Waals surface area contributed by atoms with Crippen LogP contribution >= 0.6 is 0 Å². The van der Waals surface area contributed by atoms with Crippen molar-refractivity contribution >= 4 is 10.9 Å². The molecule has 2 heterocycles. The lowest BCUT2D eigenvalue weighted by atomic mass is 10.1. The zero-order valence-corrected chi connectivity index (χ0v) is 9.10. The van der Waals surface area contributed by atoms with Crippen molar-refractivity contribution in [2.24, 2.45) is 0 Å². The topological polar surface area (TPSA) is 71.8 Å². The highest BCUT2D eigenvalue weighted by Crippen LogP contribution is 2.21. The molecule has 0 amide bonds. The first-order chi connectivity index (χ1) is 8.24. The summed E-state index contributed by atoms with van der Waals surface area (Å²) in [7, 11) is 0. The largest absolute Gasteiger partial charge is 0.439 e. The van der Waals surface area contributed by atoms with Crippen molar-refractivity contribution in [3.63, 3.8) is 0 Å². The number of H-pyrrole nitrogens is 1. The SMILES string of the molecule is Cc1cc(-c2noc(=O)[nH]2)nc2ccccc12. The van der Waals surface area contributed by atoms with Gasteiger partial charge in [-0.1, -0.05) is 23.4 Å². The zero-order chi connectivity index (χ0) is 11.8. The molecule has 0 atom stereocenters. The molecule has 0 aliphatic rings. The number of hydrogen-bond acceptors (Lipinski definition) is 4. The molecule has 17 heavy (non-hydrogen) atoms. The number of benzene rings is 1. The Morgan fingerprint density at radius 1 is 1.29 bits per heavy atom. The molecule has 0 unspecified atom stereocenters. The number of nitrogens with zero attached hydrogens (tertiary/aromatic N) is 2. The summed E-state index contributed by atoms with van der Waals surface area (Å²) in [4.78, 5) is 17.8. The molecule has 0 aliphatic heterocycles. The number of hydrogen-bond donors (Lipinski definition) is 1. The Morgan fingerprint density at radius 3 is 2.88 bits per heavy atom. The highest BCUT2D eigenvalue weighted by molar-refractivity contribution is 5.84. The summed E-state index contributed by atoms with van der Waals surface area (Å²) in [6, 6.07) is 9.69. The molecular weight excluding hydrogens is 218 g/mol. The average molecular weight is 227 g/mol. The van der Waals surface area contributed by atoms with Crippen molar-refractivity contribution in [3.8, 4) is 11.5 Å². The molecule has 1 N–H and O–H groups in total. The van der Waals surface area contributed by atoms with Crippen LogP contribution in [-0.4, -0.2) is 15.1 Å². The summed E-state index contributed by atoms with van der Waals surface area (Å²) in [5.41, 5.74) is 2.55. The van der Waals surface area contributed by atoms with E-state index in [4.69, 9.17) is 0 Å². The van der Waals surface area contributed by atoms with Crippen LogP contribution in [0.4, 0.5) is 0 Å². The van der Waals surface area contributed by atoms with E-state index in [-0.39, 0.29) is 0 Å². The van der Waals surface area contributed by atoms with Crippen LogP contribution in [0.5, 0.6) is 0 Å². The molecule has 0 fully saturated rings. The van der Waals surface area contributed by atoms with E-state index < -0.39 is 5.76 Å². The first-order valence-electron chi connectivity index (χ1n) is 5.17. The van der Waals surface area contributed by atoms with Crippen molar-refractivity contribution in [3.05, 3.63) is 46.4 Å². The fourth-order valence-electron chi connectivity index (χ4n) is 1.81. The summed E-state index contributed by atoms with van der Waals surface area (Å²) in [6.07, 6.45) is 0. The summed E-state index contributed by atoms with van der Waals surface area (Å²) < 4.78 is 4.47. The Kier molecular flexibility index (Phi) is 2.04. The van der Waals surface area contributed by atoms with E-state index in [2.05, 4.69) is 19.6 Å². The Balaban J connectivity index is 2.28. The van der Waals surface area contributed by atoms with E-state index in [0.29, 0.717) is 11.5 Å². The molecule has 5 nitrogen and oxygen atoms in total. The number of pyridine rings is 1. The molecule has 2 aromatic heterocycles. The molecule has 0 saturated carbocycles. The molecule has 84 valence electrons. The summed E-state index contributed by atoms with van der Waals surface area (Å²) in [6.45, 7) is 1.99. The van der Waals surface area contributed by atoms with Gasteiger partial charge in [-0.2, -0.15) is 0 Å². The number of para-hydroxylation sites is 1. The average Bonchev–Trinajstić information content (AvgIpc) is 2.76. The summed E-state index contributed by atoms with van der Waals surface area (Å²) in [5, 5.41) is 4.71. The monoisotopic (exact) mass is 227 g/mol. The highest BCUT2D eigenvalue weighted by atomic mass is 16.5. The van der Waals surface area contributed by atoms with Crippen LogP contribution in [0.25, 0.3) is 22.4 Å². The van der Waals surface area contributed by atoms with Gasteiger partial charge >= 0.3 is 5.76 Å². The van der Waals surface area contributed by atoms with E-state index in [1.807, 2.05) is 37.3 Å². The van der Waals surface area contributed by atoms with E-state index >= 15 is 0 Å². The molecule has 1 aromatic carbocycles. The number of aryl methyl sites for hydroxylation is 1. The van der Waals surface area contributed by atoms with Gasteiger partial charge in [-0.3, -0.25) is 9.51 Å². The number of fused-ring (bicyclic) bond motifs is 1. The lowest BCUT2D eigenvalue weighted by Crippen LogP contribution is -1.96. The predicted molar refractivity (Wildman–Crippen MR) is 62.6 cm³/mol. The van der Waals surface area contributed by atoms with Crippen LogP contribution in [0, 0.1) is 6.92 Å². The van der Waals surface area contributed by atoms with Gasteiger partial charge in [0.15, 0.2) is 0 Å². The Bertz CT molecular complexity index is 743. The third-order valence-electron chi connectivity index (χ3n) is 2.61. The Morgan fingerprint density at radius 2 is 2.12 bits per heavy atom. The van der Waals surface area contributed by atoms with Gasteiger partial charge in [0, 0.05) is 5.39 Å². The minimum Gasteiger partial charge on any atom is -0.296 e. The molecule has 0 radical (unpaired) electrons. The van der Waals surface area contributed by atoms with Crippen LogP contribution in [0.3, 0.4) is 0 Å². The maximum atomic E-state index is 10.9. The van der Waals surface area contributed by atoms with E-state index in [1.54, 1.807) is 0 Å². The van der Waals surface area contributed by atoms with E-state index in [9.17, 15) is 4.79 Å². The van der Waals surface area contributed by atoms with Gasteiger partial charge < -0.3 is 0 Å². The molecule has 0 aliphatic carbocycles. The smallest absolute Gasteiger partial charge is 0.296 e. The lowest BCUT2D eigenvalue weighted by molar-refractivity contribution is 0.388.